The normalized spacial score (nSPS) is 35.0. The smallest absolute Gasteiger partial charge is 0.243 e. The van der Waals surface area contributed by atoms with Crippen molar-refractivity contribution in [2.45, 2.75) is 43.9 Å². The quantitative estimate of drug-likeness (QED) is 0.408. The molecule has 1 aliphatic carbocycles. The standard InChI is InChI=1S/C16H26N4O2.HI/c1-19(2)15(21)7-17-16(18-10-3-4-10)20-8-11-12(9-20)14-6-5-13(11)22-14;/h10-14H,3-9H2,1-2H3,(H,17,18);1H. The molecule has 4 rings (SSSR count). The third kappa shape index (κ3) is 3.45. The Labute approximate surface area is 155 Å². The van der Waals surface area contributed by atoms with Gasteiger partial charge in [-0.3, -0.25) is 4.79 Å². The van der Waals surface area contributed by atoms with Crippen molar-refractivity contribution in [3.8, 4) is 0 Å². The lowest BCUT2D eigenvalue weighted by atomic mass is 9.82. The summed E-state index contributed by atoms with van der Waals surface area (Å²) in [5.74, 6) is 2.31. The molecule has 3 saturated heterocycles. The molecule has 3 aliphatic heterocycles. The van der Waals surface area contributed by atoms with E-state index in [1.807, 2.05) is 0 Å². The van der Waals surface area contributed by atoms with Gasteiger partial charge in [-0.25, -0.2) is 4.99 Å². The Morgan fingerprint density at radius 3 is 2.30 bits per heavy atom. The summed E-state index contributed by atoms with van der Waals surface area (Å²) in [4.78, 5) is 20.4. The average molecular weight is 434 g/mol. The molecule has 4 unspecified atom stereocenters. The van der Waals surface area contributed by atoms with Crippen LogP contribution in [-0.4, -0.2) is 73.6 Å². The number of nitrogens with zero attached hydrogens (tertiary/aromatic N) is 3. The van der Waals surface area contributed by atoms with Gasteiger partial charge in [-0.05, 0) is 25.7 Å². The highest BCUT2D eigenvalue weighted by Gasteiger charge is 2.53. The molecule has 1 saturated carbocycles. The highest BCUT2D eigenvalue weighted by atomic mass is 127. The summed E-state index contributed by atoms with van der Waals surface area (Å²) in [5.41, 5.74) is 0. The molecule has 1 N–H and O–H groups in total. The Morgan fingerprint density at radius 1 is 1.17 bits per heavy atom. The summed E-state index contributed by atoms with van der Waals surface area (Å²) in [6, 6.07) is 0.557. The molecule has 23 heavy (non-hydrogen) atoms. The first-order valence-corrected chi connectivity index (χ1v) is 8.53. The van der Waals surface area contributed by atoms with Crippen LogP contribution >= 0.6 is 24.0 Å². The lowest BCUT2D eigenvalue weighted by Crippen LogP contribution is -2.43. The topological polar surface area (TPSA) is 57.2 Å². The number of fused-ring (bicyclic) bond motifs is 5. The summed E-state index contributed by atoms with van der Waals surface area (Å²) in [5, 5.41) is 3.53. The predicted octanol–water partition coefficient (Wildman–Crippen LogP) is 0.910. The average Bonchev–Trinajstić information content (AvgIpc) is 2.91. The van der Waals surface area contributed by atoms with Crippen molar-refractivity contribution in [2.24, 2.45) is 16.8 Å². The van der Waals surface area contributed by atoms with E-state index in [1.54, 1.807) is 19.0 Å². The van der Waals surface area contributed by atoms with Crippen LogP contribution in [0.3, 0.4) is 0 Å². The van der Waals surface area contributed by atoms with Crippen molar-refractivity contribution in [1.29, 1.82) is 0 Å². The van der Waals surface area contributed by atoms with Crippen molar-refractivity contribution in [3.05, 3.63) is 0 Å². The van der Waals surface area contributed by atoms with Crippen LogP contribution in [0.2, 0.25) is 0 Å². The summed E-state index contributed by atoms with van der Waals surface area (Å²) in [7, 11) is 3.56. The number of halogens is 1. The van der Waals surface area contributed by atoms with Crippen LogP contribution in [0.1, 0.15) is 25.7 Å². The second-order valence-electron chi connectivity index (χ2n) is 7.37. The third-order valence-electron chi connectivity index (χ3n) is 5.53. The van der Waals surface area contributed by atoms with Crippen LogP contribution in [0, 0.1) is 11.8 Å². The fourth-order valence-electron chi connectivity index (χ4n) is 4.06. The van der Waals surface area contributed by atoms with Crippen LogP contribution in [0.5, 0.6) is 0 Å². The maximum absolute atomic E-state index is 11.8. The fourth-order valence-corrected chi connectivity index (χ4v) is 4.06. The Balaban J connectivity index is 0.00000156. The van der Waals surface area contributed by atoms with E-state index in [0.29, 0.717) is 30.1 Å². The number of ether oxygens (including phenoxy) is 1. The lowest BCUT2D eigenvalue weighted by Gasteiger charge is -2.24. The zero-order valence-corrected chi connectivity index (χ0v) is 16.2. The summed E-state index contributed by atoms with van der Waals surface area (Å²) < 4.78 is 6.04. The second kappa shape index (κ2) is 6.74. The van der Waals surface area contributed by atoms with Crippen LogP contribution in [0.15, 0.2) is 4.99 Å². The molecular weight excluding hydrogens is 407 g/mol. The molecular formula is C16H27IN4O2. The molecule has 1 amide bonds. The minimum Gasteiger partial charge on any atom is -0.374 e. The van der Waals surface area contributed by atoms with Gasteiger partial charge in [0.05, 0.1) is 12.2 Å². The fraction of sp³-hybridized carbons (Fsp3) is 0.875. The van der Waals surface area contributed by atoms with Gasteiger partial charge in [0.1, 0.15) is 6.54 Å². The lowest BCUT2D eigenvalue weighted by molar-refractivity contribution is -0.127. The second-order valence-corrected chi connectivity index (χ2v) is 7.37. The Kier molecular flexibility index (Phi) is 5.06. The van der Waals surface area contributed by atoms with Crippen molar-refractivity contribution in [1.82, 2.24) is 15.1 Å². The van der Waals surface area contributed by atoms with Crippen molar-refractivity contribution >= 4 is 35.8 Å². The number of hydrogen-bond acceptors (Lipinski definition) is 3. The minimum absolute atomic E-state index is 0. The van der Waals surface area contributed by atoms with Gasteiger partial charge >= 0.3 is 0 Å². The van der Waals surface area contributed by atoms with E-state index in [-0.39, 0.29) is 36.4 Å². The molecule has 0 radical (unpaired) electrons. The number of hydrogen-bond donors (Lipinski definition) is 1. The van der Waals surface area contributed by atoms with E-state index in [9.17, 15) is 4.79 Å². The van der Waals surface area contributed by atoms with Gasteiger partial charge in [-0.1, -0.05) is 0 Å². The van der Waals surface area contributed by atoms with Crippen molar-refractivity contribution in [3.63, 3.8) is 0 Å². The van der Waals surface area contributed by atoms with E-state index >= 15 is 0 Å². The first kappa shape index (κ1) is 17.3. The van der Waals surface area contributed by atoms with E-state index in [4.69, 9.17) is 4.74 Å². The van der Waals surface area contributed by atoms with E-state index in [0.717, 1.165) is 19.0 Å². The number of amides is 1. The van der Waals surface area contributed by atoms with Crippen LogP contribution in [0.25, 0.3) is 0 Å². The maximum atomic E-state index is 11.8. The molecule has 0 spiro atoms. The molecule has 130 valence electrons. The van der Waals surface area contributed by atoms with Crippen LogP contribution in [0.4, 0.5) is 0 Å². The predicted molar refractivity (Wildman–Crippen MR) is 99.0 cm³/mol. The SMILES string of the molecule is CN(C)C(=O)CN=C(NC1CC1)N1CC2C3CCC(O3)C2C1.I. The summed E-state index contributed by atoms with van der Waals surface area (Å²) >= 11 is 0. The molecule has 6 nitrogen and oxygen atoms in total. The van der Waals surface area contributed by atoms with Gasteiger partial charge in [0.2, 0.25) is 5.91 Å². The number of guanidine groups is 1. The zero-order valence-electron chi connectivity index (χ0n) is 13.9. The first-order valence-electron chi connectivity index (χ1n) is 8.53. The van der Waals surface area contributed by atoms with Crippen LogP contribution < -0.4 is 5.32 Å². The largest absolute Gasteiger partial charge is 0.374 e. The number of rotatable bonds is 3. The van der Waals surface area contributed by atoms with Crippen LogP contribution in [-0.2, 0) is 9.53 Å². The zero-order chi connectivity index (χ0) is 15.3. The van der Waals surface area contributed by atoms with E-state index < -0.39 is 0 Å². The van der Waals surface area contributed by atoms with Gasteiger partial charge in [0.25, 0.3) is 0 Å². The van der Waals surface area contributed by atoms with Gasteiger partial charge in [0.15, 0.2) is 5.96 Å². The van der Waals surface area contributed by atoms with Crippen molar-refractivity contribution in [2.75, 3.05) is 33.7 Å². The van der Waals surface area contributed by atoms with Gasteiger partial charge in [0, 0.05) is 45.1 Å². The number of aliphatic imine (C=N–C) groups is 1. The molecule has 2 bridgehead atoms. The Morgan fingerprint density at radius 2 is 1.78 bits per heavy atom. The number of carbonyl (C=O) groups excluding carboxylic acids is 1. The Hall–Kier alpha value is -0.570. The molecule has 4 fully saturated rings. The number of likely N-dealkylation sites (N-methyl/N-ethyl adjacent to an activating group) is 1. The van der Waals surface area contributed by atoms with Gasteiger partial charge in [-0.15, -0.1) is 24.0 Å². The van der Waals surface area contributed by atoms with Gasteiger partial charge < -0.3 is 19.9 Å². The molecule has 4 aliphatic rings. The third-order valence-corrected chi connectivity index (χ3v) is 5.53. The molecule has 4 atom stereocenters. The van der Waals surface area contributed by atoms with Crippen molar-refractivity contribution < 1.29 is 9.53 Å². The molecule has 0 aromatic heterocycles. The highest BCUT2D eigenvalue weighted by Crippen LogP contribution is 2.47. The Bertz CT molecular complexity index is 476. The summed E-state index contributed by atoms with van der Waals surface area (Å²) in [6.07, 6.45) is 5.81. The monoisotopic (exact) mass is 434 g/mol. The minimum atomic E-state index is 0. The molecule has 0 aromatic rings. The number of nitrogens with one attached hydrogen (secondary N) is 1. The molecule has 0 aromatic carbocycles. The van der Waals surface area contributed by atoms with Gasteiger partial charge in [-0.2, -0.15) is 0 Å². The molecule has 7 heteroatoms. The molecule has 3 heterocycles. The first-order chi connectivity index (χ1) is 10.6. The van der Waals surface area contributed by atoms with E-state index in [2.05, 4.69) is 15.2 Å². The summed E-state index contributed by atoms with van der Waals surface area (Å²) in [6.45, 7) is 2.29. The number of likely N-dealkylation sites (tertiary alicyclic amines) is 1. The van der Waals surface area contributed by atoms with E-state index in [1.165, 1.54) is 25.7 Å². The number of carbonyl (C=O) groups is 1. The highest BCUT2D eigenvalue weighted by molar-refractivity contribution is 14.0. The maximum Gasteiger partial charge on any atom is 0.243 e.